The Morgan fingerprint density at radius 1 is 1.21 bits per heavy atom. The number of hydrogen-bond acceptors (Lipinski definition) is 3. The fraction of sp³-hybridized carbons (Fsp3) is 0.429. The van der Waals surface area contributed by atoms with Crippen molar-refractivity contribution in [1.82, 2.24) is 0 Å². The summed E-state index contributed by atoms with van der Waals surface area (Å²) in [7, 11) is 1.76. The van der Waals surface area contributed by atoms with E-state index in [1.807, 2.05) is 11.8 Å². The molecule has 1 atom stereocenters. The zero-order chi connectivity index (χ0) is 17.2. The largest absolute Gasteiger partial charge is 0.496 e. The molecule has 1 heterocycles. The van der Waals surface area contributed by atoms with Crippen molar-refractivity contribution in [3.05, 3.63) is 48.0 Å². The van der Waals surface area contributed by atoms with Gasteiger partial charge in [-0.05, 0) is 48.6 Å². The van der Waals surface area contributed by atoms with Gasteiger partial charge in [-0.1, -0.05) is 38.5 Å². The molecule has 0 radical (unpaired) electrons. The van der Waals surface area contributed by atoms with Gasteiger partial charge in [0.25, 0.3) is 0 Å². The Morgan fingerprint density at radius 3 is 2.62 bits per heavy atom. The van der Waals surface area contributed by atoms with Crippen molar-refractivity contribution < 1.29 is 4.74 Å². The highest BCUT2D eigenvalue weighted by Crippen LogP contribution is 2.46. The maximum atomic E-state index is 5.56. The minimum absolute atomic E-state index is 0.301. The van der Waals surface area contributed by atoms with E-state index in [0.717, 1.165) is 18.0 Å². The van der Waals surface area contributed by atoms with Crippen molar-refractivity contribution in [2.24, 2.45) is 5.41 Å². The third kappa shape index (κ3) is 3.41. The van der Waals surface area contributed by atoms with Crippen molar-refractivity contribution in [2.75, 3.05) is 24.3 Å². The van der Waals surface area contributed by atoms with Gasteiger partial charge in [-0.15, -0.1) is 11.8 Å². The van der Waals surface area contributed by atoms with Gasteiger partial charge in [0.15, 0.2) is 0 Å². The summed E-state index contributed by atoms with van der Waals surface area (Å²) in [4.78, 5) is 3.82. The van der Waals surface area contributed by atoms with E-state index in [9.17, 15) is 0 Å². The molecule has 128 valence electrons. The third-order valence-electron chi connectivity index (χ3n) is 4.80. The maximum absolute atomic E-state index is 5.56. The third-order valence-corrected chi connectivity index (χ3v) is 6.28. The molecule has 1 unspecified atom stereocenters. The van der Waals surface area contributed by atoms with Crippen LogP contribution in [0, 0.1) is 12.3 Å². The average Bonchev–Trinajstić information content (AvgIpc) is 2.72. The second-order valence-electron chi connectivity index (χ2n) is 7.06. The Bertz CT molecular complexity index is 700. The minimum atomic E-state index is 0.301. The smallest absolute Gasteiger partial charge is 0.123 e. The van der Waals surface area contributed by atoms with Crippen LogP contribution in [0.4, 0.5) is 11.4 Å². The van der Waals surface area contributed by atoms with E-state index in [4.69, 9.17) is 4.74 Å². The molecule has 0 spiro atoms. The molecule has 24 heavy (non-hydrogen) atoms. The number of ether oxygens (including phenoxy) is 1. The predicted molar refractivity (Wildman–Crippen MR) is 105 cm³/mol. The van der Waals surface area contributed by atoms with Gasteiger partial charge in [0.1, 0.15) is 5.75 Å². The molecular formula is C21H27NOS. The average molecular weight is 342 g/mol. The lowest BCUT2D eigenvalue weighted by atomic mass is 9.87. The molecule has 1 aliphatic heterocycles. The van der Waals surface area contributed by atoms with E-state index < -0.39 is 0 Å². The number of nitrogens with zero attached hydrogens (tertiary/aromatic N) is 1. The van der Waals surface area contributed by atoms with E-state index in [1.54, 1.807) is 7.11 Å². The quantitative estimate of drug-likeness (QED) is 0.671. The highest BCUT2D eigenvalue weighted by Gasteiger charge is 2.32. The molecule has 0 amide bonds. The molecule has 0 aliphatic carbocycles. The van der Waals surface area contributed by atoms with Crippen LogP contribution in [0.5, 0.6) is 5.75 Å². The van der Waals surface area contributed by atoms with Crippen LogP contribution < -0.4 is 9.64 Å². The summed E-state index contributed by atoms with van der Waals surface area (Å²) < 4.78 is 5.56. The topological polar surface area (TPSA) is 12.5 Å². The molecular weight excluding hydrogens is 314 g/mol. The predicted octanol–water partition coefficient (Wildman–Crippen LogP) is 6.05. The van der Waals surface area contributed by atoms with Gasteiger partial charge < -0.3 is 9.64 Å². The van der Waals surface area contributed by atoms with Crippen LogP contribution in [-0.2, 0) is 0 Å². The highest BCUT2D eigenvalue weighted by molar-refractivity contribution is 7.99. The SMILES string of the molecule is CCCC1(C)CSc2cc(OC)c(C)cc2N(c2ccccc2)C1. The Balaban J connectivity index is 2.11. The number of anilines is 2. The van der Waals surface area contributed by atoms with Crippen molar-refractivity contribution in [2.45, 2.75) is 38.5 Å². The highest BCUT2D eigenvalue weighted by atomic mass is 32.2. The summed E-state index contributed by atoms with van der Waals surface area (Å²) in [5.74, 6) is 2.12. The summed E-state index contributed by atoms with van der Waals surface area (Å²) in [6.45, 7) is 7.89. The number of rotatable bonds is 4. The van der Waals surface area contributed by atoms with E-state index in [0.29, 0.717) is 5.41 Å². The summed E-state index contributed by atoms with van der Waals surface area (Å²) in [5.41, 5.74) is 4.07. The second-order valence-corrected chi connectivity index (χ2v) is 8.08. The monoisotopic (exact) mass is 341 g/mol. The lowest BCUT2D eigenvalue weighted by Gasteiger charge is -2.34. The van der Waals surface area contributed by atoms with Gasteiger partial charge in [-0.25, -0.2) is 0 Å². The second kappa shape index (κ2) is 7.10. The summed E-state index contributed by atoms with van der Waals surface area (Å²) >= 11 is 1.97. The van der Waals surface area contributed by atoms with E-state index in [2.05, 4.69) is 68.1 Å². The number of fused-ring (bicyclic) bond motifs is 1. The fourth-order valence-electron chi connectivity index (χ4n) is 3.56. The van der Waals surface area contributed by atoms with Crippen molar-refractivity contribution in [3.8, 4) is 5.75 Å². The van der Waals surface area contributed by atoms with Crippen molar-refractivity contribution >= 4 is 23.1 Å². The minimum Gasteiger partial charge on any atom is -0.496 e. The van der Waals surface area contributed by atoms with Crippen molar-refractivity contribution in [3.63, 3.8) is 0 Å². The lowest BCUT2D eigenvalue weighted by Crippen LogP contribution is -2.33. The fourth-order valence-corrected chi connectivity index (χ4v) is 4.81. The Morgan fingerprint density at radius 2 is 1.96 bits per heavy atom. The van der Waals surface area contributed by atoms with Crippen LogP contribution in [0.15, 0.2) is 47.4 Å². The Hall–Kier alpha value is -1.61. The molecule has 2 aromatic carbocycles. The van der Waals surface area contributed by atoms with Gasteiger partial charge in [0.05, 0.1) is 12.8 Å². The zero-order valence-corrected chi connectivity index (χ0v) is 16.0. The van der Waals surface area contributed by atoms with Gasteiger partial charge in [0, 0.05) is 22.9 Å². The molecule has 0 aromatic heterocycles. The van der Waals surface area contributed by atoms with Gasteiger partial charge in [-0.3, -0.25) is 0 Å². The van der Waals surface area contributed by atoms with Crippen LogP contribution in [0.1, 0.15) is 32.3 Å². The molecule has 0 saturated heterocycles. The summed E-state index contributed by atoms with van der Waals surface area (Å²) in [5, 5.41) is 0. The van der Waals surface area contributed by atoms with Crippen molar-refractivity contribution in [1.29, 1.82) is 0 Å². The molecule has 2 aromatic rings. The zero-order valence-electron chi connectivity index (χ0n) is 15.1. The summed E-state index contributed by atoms with van der Waals surface area (Å²) in [6.07, 6.45) is 2.46. The number of thioether (sulfide) groups is 1. The van der Waals surface area contributed by atoms with Gasteiger partial charge >= 0.3 is 0 Å². The van der Waals surface area contributed by atoms with Gasteiger partial charge in [-0.2, -0.15) is 0 Å². The molecule has 2 nitrogen and oxygen atoms in total. The molecule has 0 saturated carbocycles. The molecule has 0 N–H and O–H groups in total. The number of benzene rings is 2. The Kier molecular flexibility index (Phi) is 5.09. The first-order valence-corrected chi connectivity index (χ1v) is 9.69. The number of hydrogen-bond donors (Lipinski definition) is 0. The first-order chi connectivity index (χ1) is 11.6. The van der Waals surface area contributed by atoms with Crippen LogP contribution in [0.2, 0.25) is 0 Å². The van der Waals surface area contributed by atoms with Gasteiger partial charge in [0.2, 0.25) is 0 Å². The lowest BCUT2D eigenvalue weighted by molar-refractivity contribution is 0.352. The van der Waals surface area contributed by atoms with E-state index in [1.165, 1.54) is 34.7 Å². The van der Waals surface area contributed by atoms with Crippen LogP contribution in [0.25, 0.3) is 0 Å². The maximum Gasteiger partial charge on any atom is 0.123 e. The molecule has 3 rings (SSSR count). The van der Waals surface area contributed by atoms with E-state index >= 15 is 0 Å². The first kappa shape index (κ1) is 17.2. The molecule has 1 aliphatic rings. The number of para-hydroxylation sites is 1. The molecule has 0 bridgehead atoms. The number of aryl methyl sites for hydroxylation is 1. The normalized spacial score (nSPS) is 20.4. The molecule has 3 heteroatoms. The summed E-state index contributed by atoms with van der Waals surface area (Å²) in [6, 6.07) is 15.3. The van der Waals surface area contributed by atoms with Crippen LogP contribution in [-0.4, -0.2) is 19.4 Å². The van der Waals surface area contributed by atoms with Crippen LogP contribution >= 0.6 is 11.8 Å². The Labute approximate surface area is 150 Å². The molecule has 0 fully saturated rings. The van der Waals surface area contributed by atoms with Crippen LogP contribution in [0.3, 0.4) is 0 Å². The first-order valence-electron chi connectivity index (χ1n) is 8.70. The number of methoxy groups -OCH3 is 1. The standard InChI is InChI=1S/C21H27NOS/c1-5-11-21(3)14-22(17-9-7-6-8-10-17)18-12-16(2)19(23-4)13-20(18)24-15-21/h6-10,12-13H,5,11,14-15H2,1-4H3. The van der Waals surface area contributed by atoms with E-state index in [-0.39, 0.29) is 0 Å².